The monoisotopic (exact) mass is 344 g/mol. The highest BCUT2D eigenvalue weighted by atomic mass is 16.5. The molecule has 25 heavy (non-hydrogen) atoms. The molecule has 0 bridgehead atoms. The van der Waals surface area contributed by atoms with Crippen LogP contribution in [0.2, 0.25) is 0 Å². The Hall–Kier alpha value is -2.41. The molecule has 0 saturated heterocycles. The molecule has 0 radical (unpaired) electrons. The molecule has 2 N–H and O–H groups in total. The zero-order valence-electron chi connectivity index (χ0n) is 15.2. The lowest BCUT2D eigenvalue weighted by Crippen LogP contribution is -2.26. The number of carbonyl (C=O) groups excluding carboxylic acids is 1. The molecule has 1 aliphatic rings. The predicted octanol–water partition coefficient (Wildman–Crippen LogP) is 3.11. The second-order valence-corrected chi connectivity index (χ2v) is 7.41. The van der Waals surface area contributed by atoms with Gasteiger partial charge in [-0.25, -0.2) is 0 Å². The fourth-order valence-electron chi connectivity index (χ4n) is 2.63. The van der Waals surface area contributed by atoms with Crippen molar-refractivity contribution >= 4 is 11.6 Å². The lowest BCUT2D eigenvalue weighted by Gasteiger charge is -2.22. The number of ether oxygens (including phenoxy) is 1. The van der Waals surface area contributed by atoms with Crippen molar-refractivity contribution in [2.75, 3.05) is 11.9 Å². The maximum absolute atomic E-state index is 11.5. The summed E-state index contributed by atoms with van der Waals surface area (Å²) >= 11 is 0. The van der Waals surface area contributed by atoms with E-state index in [1.165, 1.54) is 0 Å². The molecule has 134 valence electrons. The van der Waals surface area contributed by atoms with Crippen molar-refractivity contribution in [3.8, 4) is 5.75 Å². The minimum atomic E-state index is -0.149. The largest absolute Gasteiger partial charge is 0.482 e. The summed E-state index contributed by atoms with van der Waals surface area (Å²) in [7, 11) is 0. The van der Waals surface area contributed by atoms with Crippen LogP contribution in [-0.4, -0.2) is 22.7 Å². The van der Waals surface area contributed by atoms with Gasteiger partial charge in [-0.15, -0.1) is 0 Å². The van der Waals surface area contributed by atoms with E-state index in [1.54, 1.807) is 0 Å². The maximum Gasteiger partial charge on any atom is 0.262 e. The standard InChI is InChI=1S/C18H24N4O3/c1-10(12-6-7-14-13(8-12)20-15(23)9-24-14)19-11(2)16-21-17(22-25-16)18(3,4)5/h6-8,10-11,19H,9H2,1-5H3,(H,20,23)/t10-,11+/m1/s1. The van der Waals surface area contributed by atoms with Crippen LogP contribution in [0.4, 0.5) is 5.69 Å². The van der Waals surface area contributed by atoms with E-state index < -0.39 is 0 Å². The molecule has 1 amide bonds. The second-order valence-electron chi connectivity index (χ2n) is 7.41. The van der Waals surface area contributed by atoms with Crippen LogP contribution in [0.5, 0.6) is 5.75 Å². The Morgan fingerprint density at radius 2 is 2.00 bits per heavy atom. The topological polar surface area (TPSA) is 89.3 Å². The maximum atomic E-state index is 11.5. The third kappa shape index (κ3) is 3.82. The third-order valence-electron chi connectivity index (χ3n) is 4.12. The van der Waals surface area contributed by atoms with Crippen molar-refractivity contribution in [3.05, 3.63) is 35.5 Å². The van der Waals surface area contributed by atoms with Crippen molar-refractivity contribution in [1.82, 2.24) is 15.5 Å². The first-order chi connectivity index (χ1) is 11.7. The van der Waals surface area contributed by atoms with Crippen LogP contribution in [0.1, 0.15) is 64.0 Å². The number of amides is 1. The zero-order valence-corrected chi connectivity index (χ0v) is 15.2. The fraction of sp³-hybridized carbons (Fsp3) is 0.500. The number of nitrogens with zero attached hydrogens (tertiary/aromatic N) is 2. The van der Waals surface area contributed by atoms with Crippen molar-refractivity contribution in [2.24, 2.45) is 0 Å². The van der Waals surface area contributed by atoms with Crippen LogP contribution in [-0.2, 0) is 10.2 Å². The number of hydrogen-bond acceptors (Lipinski definition) is 6. The molecule has 7 nitrogen and oxygen atoms in total. The van der Waals surface area contributed by atoms with E-state index in [4.69, 9.17) is 9.26 Å². The Morgan fingerprint density at radius 3 is 2.68 bits per heavy atom. The molecule has 3 rings (SSSR count). The average molecular weight is 344 g/mol. The van der Waals surface area contributed by atoms with Gasteiger partial charge in [-0.3, -0.25) is 10.1 Å². The molecule has 2 aromatic rings. The molecule has 1 aromatic heterocycles. The smallest absolute Gasteiger partial charge is 0.262 e. The number of benzene rings is 1. The number of carbonyl (C=O) groups is 1. The summed E-state index contributed by atoms with van der Waals surface area (Å²) in [5.74, 6) is 1.80. The highest BCUT2D eigenvalue weighted by Crippen LogP contribution is 2.31. The Labute approximate surface area is 147 Å². The first-order valence-electron chi connectivity index (χ1n) is 8.41. The van der Waals surface area contributed by atoms with Gasteiger partial charge in [-0.2, -0.15) is 4.98 Å². The molecule has 2 heterocycles. The van der Waals surface area contributed by atoms with Crippen LogP contribution in [0.3, 0.4) is 0 Å². The fourth-order valence-corrected chi connectivity index (χ4v) is 2.63. The van der Waals surface area contributed by atoms with Gasteiger partial charge in [0.15, 0.2) is 12.4 Å². The van der Waals surface area contributed by atoms with Crippen LogP contribution in [0.25, 0.3) is 0 Å². The molecule has 0 fully saturated rings. The second kappa shape index (κ2) is 6.48. The Bertz CT molecular complexity index is 779. The van der Waals surface area contributed by atoms with E-state index in [2.05, 4.69) is 20.8 Å². The van der Waals surface area contributed by atoms with Gasteiger partial charge < -0.3 is 14.6 Å². The average Bonchev–Trinajstić information content (AvgIpc) is 3.04. The van der Waals surface area contributed by atoms with Crippen LogP contribution in [0.15, 0.2) is 22.7 Å². The summed E-state index contributed by atoms with van der Waals surface area (Å²) in [6.45, 7) is 10.2. The van der Waals surface area contributed by atoms with Crippen LogP contribution >= 0.6 is 0 Å². The van der Waals surface area contributed by atoms with Gasteiger partial charge in [-0.1, -0.05) is 32.0 Å². The molecule has 1 aromatic carbocycles. The van der Waals surface area contributed by atoms with E-state index in [1.807, 2.05) is 52.8 Å². The summed E-state index contributed by atoms with van der Waals surface area (Å²) in [4.78, 5) is 16.0. The highest BCUT2D eigenvalue weighted by Gasteiger charge is 2.24. The quantitative estimate of drug-likeness (QED) is 0.886. The number of aromatic nitrogens is 2. The van der Waals surface area contributed by atoms with E-state index in [0.717, 1.165) is 5.56 Å². The number of hydrogen-bond donors (Lipinski definition) is 2. The molecule has 2 atom stereocenters. The Balaban J connectivity index is 1.71. The van der Waals surface area contributed by atoms with Gasteiger partial charge in [-0.05, 0) is 31.5 Å². The van der Waals surface area contributed by atoms with Crippen molar-refractivity contribution < 1.29 is 14.1 Å². The summed E-state index contributed by atoms with van der Waals surface area (Å²) in [5, 5.41) is 10.3. The van der Waals surface area contributed by atoms with Crippen LogP contribution < -0.4 is 15.4 Å². The van der Waals surface area contributed by atoms with Gasteiger partial charge in [0.2, 0.25) is 5.89 Å². The number of nitrogens with one attached hydrogen (secondary N) is 2. The molecule has 7 heteroatoms. The Kier molecular flexibility index (Phi) is 4.51. The predicted molar refractivity (Wildman–Crippen MR) is 93.5 cm³/mol. The first-order valence-corrected chi connectivity index (χ1v) is 8.41. The molecule has 0 aliphatic carbocycles. The minimum absolute atomic E-state index is 0.0316. The summed E-state index contributed by atoms with van der Waals surface area (Å²) in [6, 6.07) is 5.71. The summed E-state index contributed by atoms with van der Waals surface area (Å²) in [5.41, 5.74) is 1.58. The Morgan fingerprint density at radius 1 is 1.24 bits per heavy atom. The molecule has 0 spiro atoms. The van der Waals surface area contributed by atoms with E-state index in [0.29, 0.717) is 23.2 Å². The summed E-state index contributed by atoms with van der Waals surface area (Å²) in [6.07, 6.45) is 0. The SMILES string of the molecule is C[C@H](N[C@H](C)c1ccc2c(c1)NC(=O)CO2)c1nc(C(C)(C)C)no1. The van der Waals surface area contributed by atoms with Gasteiger partial charge in [0.1, 0.15) is 5.75 Å². The van der Waals surface area contributed by atoms with Gasteiger partial charge >= 0.3 is 0 Å². The molecule has 0 saturated carbocycles. The zero-order chi connectivity index (χ0) is 18.2. The minimum Gasteiger partial charge on any atom is -0.482 e. The molecule has 0 unspecified atom stereocenters. The van der Waals surface area contributed by atoms with Gasteiger partial charge in [0.25, 0.3) is 5.91 Å². The number of rotatable bonds is 4. The lowest BCUT2D eigenvalue weighted by atomic mass is 9.96. The molecular weight excluding hydrogens is 320 g/mol. The van der Waals surface area contributed by atoms with Gasteiger partial charge in [0, 0.05) is 11.5 Å². The molecular formula is C18H24N4O3. The normalized spacial score (nSPS) is 16.6. The third-order valence-corrected chi connectivity index (χ3v) is 4.12. The van der Waals surface area contributed by atoms with E-state index >= 15 is 0 Å². The lowest BCUT2D eigenvalue weighted by molar-refractivity contribution is -0.118. The highest BCUT2D eigenvalue weighted by molar-refractivity contribution is 5.95. The van der Waals surface area contributed by atoms with Crippen LogP contribution in [0, 0.1) is 0 Å². The van der Waals surface area contributed by atoms with E-state index in [9.17, 15) is 4.79 Å². The summed E-state index contributed by atoms with van der Waals surface area (Å²) < 4.78 is 10.8. The number of anilines is 1. The van der Waals surface area contributed by atoms with Crippen molar-refractivity contribution in [3.63, 3.8) is 0 Å². The van der Waals surface area contributed by atoms with Crippen molar-refractivity contribution in [1.29, 1.82) is 0 Å². The van der Waals surface area contributed by atoms with E-state index in [-0.39, 0.29) is 30.0 Å². The molecule has 1 aliphatic heterocycles. The first kappa shape index (κ1) is 17.4. The number of fused-ring (bicyclic) bond motifs is 1. The van der Waals surface area contributed by atoms with Crippen molar-refractivity contribution in [2.45, 2.75) is 52.1 Å². The van der Waals surface area contributed by atoms with Gasteiger partial charge in [0.05, 0.1) is 11.7 Å².